The number of nitrogens with zero attached hydrogens (tertiary/aromatic N) is 1. The van der Waals surface area contributed by atoms with Crippen molar-refractivity contribution in [2.75, 3.05) is 27.9 Å². The molecule has 2 rings (SSSR count). The molecule has 0 spiro atoms. The zero-order valence-electron chi connectivity index (χ0n) is 11.6. The number of nitrogens with two attached hydrogens (primary N) is 1. The van der Waals surface area contributed by atoms with E-state index >= 15 is 0 Å². The topological polar surface area (TPSA) is 66.6 Å². The highest BCUT2D eigenvalue weighted by Gasteiger charge is 2.34. The molecule has 0 saturated carbocycles. The standard InChI is InChI=1S/C14H17BrN2O3/c1-18-12-6-9-4-5-17-13(10(9)7-11(12)15)14(8-16,19-2)20-3/h4-7H,8,16H2,1-3H3. The first-order valence-electron chi connectivity index (χ1n) is 6.05. The summed E-state index contributed by atoms with van der Waals surface area (Å²) in [6, 6.07) is 5.76. The van der Waals surface area contributed by atoms with Crippen LogP contribution < -0.4 is 10.5 Å². The van der Waals surface area contributed by atoms with Crippen molar-refractivity contribution in [3.63, 3.8) is 0 Å². The SMILES string of the molecule is COc1cc2ccnc(C(CN)(OC)OC)c2cc1Br. The fourth-order valence-corrected chi connectivity index (χ4v) is 2.68. The van der Waals surface area contributed by atoms with E-state index < -0.39 is 5.79 Å². The molecule has 0 unspecified atom stereocenters. The van der Waals surface area contributed by atoms with E-state index in [0.29, 0.717) is 5.69 Å². The van der Waals surface area contributed by atoms with Gasteiger partial charge in [-0.1, -0.05) is 0 Å². The molecule has 5 nitrogen and oxygen atoms in total. The Kier molecular flexibility index (Phi) is 4.59. The number of benzene rings is 1. The first-order chi connectivity index (χ1) is 9.61. The third-order valence-electron chi connectivity index (χ3n) is 3.33. The fraction of sp³-hybridized carbons (Fsp3) is 0.357. The fourth-order valence-electron chi connectivity index (χ4n) is 2.17. The molecular weight excluding hydrogens is 324 g/mol. The van der Waals surface area contributed by atoms with Crippen LogP contribution in [0.25, 0.3) is 10.8 Å². The summed E-state index contributed by atoms with van der Waals surface area (Å²) in [6.45, 7) is 0.162. The monoisotopic (exact) mass is 340 g/mol. The van der Waals surface area contributed by atoms with E-state index in [0.717, 1.165) is 21.0 Å². The van der Waals surface area contributed by atoms with Crippen LogP contribution in [-0.2, 0) is 15.3 Å². The van der Waals surface area contributed by atoms with Gasteiger partial charge in [-0.3, -0.25) is 4.98 Å². The highest BCUT2D eigenvalue weighted by atomic mass is 79.9. The minimum absolute atomic E-state index is 0.162. The minimum Gasteiger partial charge on any atom is -0.496 e. The molecule has 0 fully saturated rings. The van der Waals surface area contributed by atoms with Crippen molar-refractivity contribution >= 4 is 26.7 Å². The number of methoxy groups -OCH3 is 3. The van der Waals surface area contributed by atoms with Crippen LogP contribution in [0, 0.1) is 0 Å². The van der Waals surface area contributed by atoms with Gasteiger partial charge in [-0.2, -0.15) is 0 Å². The van der Waals surface area contributed by atoms with Crippen molar-refractivity contribution in [2.24, 2.45) is 5.73 Å². The van der Waals surface area contributed by atoms with Crippen molar-refractivity contribution in [3.8, 4) is 5.75 Å². The Morgan fingerprint density at radius 1 is 1.25 bits per heavy atom. The Morgan fingerprint density at radius 2 is 1.95 bits per heavy atom. The highest BCUT2D eigenvalue weighted by Crippen LogP contribution is 2.35. The molecule has 0 atom stereocenters. The van der Waals surface area contributed by atoms with Gasteiger partial charge in [0.25, 0.3) is 0 Å². The normalized spacial score (nSPS) is 11.8. The summed E-state index contributed by atoms with van der Waals surface area (Å²) in [5, 5.41) is 1.87. The lowest BCUT2D eigenvalue weighted by atomic mass is 10.0. The number of pyridine rings is 1. The van der Waals surface area contributed by atoms with Crippen LogP contribution in [0.15, 0.2) is 28.9 Å². The lowest BCUT2D eigenvalue weighted by Crippen LogP contribution is -2.40. The Balaban J connectivity index is 2.74. The van der Waals surface area contributed by atoms with Gasteiger partial charge >= 0.3 is 0 Å². The van der Waals surface area contributed by atoms with Crippen LogP contribution in [0.4, 0.5) is 0 Å². The van der Waals surface area contributed by atoms with Gasteiger partial charge in [0.05, 0.1) is 18.1 Å². The second-order valence-corrected chi connectivity index (χ2v) is 5.09. The number of hydrogen-bond acceptors (Lipinski definition) is 5. The predicted molar refractivity (Wildman–Crippen MR) is 80.7 cm³/mol. The summed E-state index contributed by atoms with van der Waals surface area (Å²) in [5.74, 6) is -0.309. The molecule has 6 heteroatoms. The minimum atomic E-state index is -1.06. The van der Waals surface area contributed by atoms with E-state index in [2.05, 4.69) is 20.9 Å². The van der Waals surface area contributed by atoms with Gasteiger partial charge in [-0.05, 0) is 39.5 Å². The maximum Gasteiger partial charge on any atom is 0.225 e. The zero-order valence-corrected chi connectivity index (χ0v) is 13.2. The van der Waals surface area contributed by atoms with Gasteiger partial charge in [-0.25, -0.2) is 0 Å². The van der Waals surface area contributed by atoms with Crippen LogP contribution in [0.3, 0.4) is 0 Å². The van der Waals surface area contributed by atoms with Crippen LogP contribution in [0.5, 0.6) is 5.75 Å². The number of aromatic nitrogens is 1. The van der Waals surface area contributed by atoms with Crippen molar-refractivity contribution in [1.82, 2.24) is 4.98 Å². The molecule has 1 heterocycles. The number of halogens is 1. The molecule has 0 radical (unpaired) electrons. The van der Waals surface area contributed by atoms with E-state index in [1.807, 2.05) is 18.2 Å². The van der Waals surface area contributed by atoms with Gasteiger partial charge in [0.15, 0.2) is 0 Å². The van der Waals surface area contributed by atoms with E-state index in [1.165, 1.54) is 0 Å². The summed E-state index contributed by atoms with van der Waals surface area (Å²) >= 11 is 3.48. The molecule has 108 valence electrons. The number of hydrogen-bond donors (Lipinski definition) is 1. The van der Waals surface area contributed by atoms with E-state index in [4.69, 9.17) is 19.9 Å². The molecule has 0 aliphatic carbocycles. The third-order valence-corrected chi connectivity index (χ3v) is 3.95. The molecule has 0 aliphatic heterocycles. The maximum absolute atomic E-state index is 5.82. The molecule has 0 bridgehead atoms. The summed E-state index contributed by atoms with van der Waals surface area (Å²) in [5.41, 5.74) is 6.46. The van der Waals surface area contributed by atoms with Crippen molar-refractivity contribution < 1.29 is 14.2 Å². The Labute approximate surface area is 126 Å². The van der Waals surface area contributed by atoms with E-state index in [1.54, 1.807) is 27.5 Å². The van der Waals surface area contributed by atoms with Gasteiger partial charge in [0.2, 0.25) is 5.79 Å². The van der Waals surface area contributed by atoms with Gasteiger partial charge in [-0.15, -0.1) is 0 Å². The molecule has 2 N–H and O–H groups in total. The largest absolute Gasteiger partial charge is 0.496 e. The van der Waals surface area contributed by atoms with Crippen LogP contribution in [0.2, 0.25) is 0 Å². The number of ether oxygens (including phenoxy) is 3. The molecular formula is C14H17BrN2O3. The quantitative estimate of drug-likeness (QED) is 0.846. The van der Waals surface area contributed by atoms with Crippen molar-refractivity contribution in [2.45, 2.75) is 5.79 Å². The smallest absolute Gasteiger partial charge is 0.225 e. The number of fused-ring (bicyclic) bond motifs is 1. The maximum atomic E-state index is 5.82. The highest BCUT2D eigenvalue weighted by molar-refractivity contribution is 9.10. The summed E-state index contributed by atoms with van der Waals surface area (Å²) in [7, 11) is 4.73. The Morgan fingerprint density at radius 3 is 2.50 bits per heavy atom. The molecule has 20 heavy (non-hydrogen) atoms. The predicted octanol–water partition coefficient (Wildman–Crippen LogP) is 2.41. The summed E-state index contributed by atoms with van der Waals surface area (Å²) in [6.07, 6.45) is 1.70. The van der Waals surface area contributed by atoms with Crippen LogP contribution in [-0.4, -0.2) is 32.9 Å². The van der Waals surface area contributed by atoms with Gasteiger partial charge in [0.1, 0.15) is 11.4 Å². The second-order valence-electron chi connectivity index (χ2n) is 4.23. The van der Waals surface area contributed by atoms with Gasteiger partial charge < -0.3 is 19.9 Å². The molecule has 0 aliphatic rings. The lowest BCUT2D eigenvalue weighted by molar-refractivity contribution is -0.209. The Bertz CT molecular complexity index is 606. The van der Waals surface area contributed by atoms with E-state index in [9.17, 15) is 0 Å². The Hall–Kier alpha value is -1.21. The molecule has 1 aromatic carbocycles. The summed E-state index contributed by atoms with van der Waals surface area (Å²) in [4.78, 5) is 4.40. The zero-order chi connectivity index (χ0) is 14.8. The average Bonchev–Trinajstić information content (AvgIpc) is 2.49. The van der Waals surface area contributed by atoms with Crippen molar-refractivity contribution in [1.29, 1.82) is 0 Å². The molecule has 2 aromatic rings. The number of rotatable bonds is 5. The first kappa shape index (κ1) is 15.2. The summed E-state index contributed by atoms with van der Waals surface area (Å²) < 4.78 is 17.1. The van der Waals surface area contributed by atoms with Crippen molar-refractivity contribution in [3.05, 3.63) is 34.6 Å². The lowest BCUT2D eigenvalue weighted by Gasteiger charge is -2.29. The van der Waals surface area contributed by atoms with E-state index in [-0.39, 0.29) is 6.54 Å². The second kappa shape index (κ2) is 6.05. The third kappa shape index (κ3) is 2.40. The van der Waals surface area contributed by atoms with Crippen LogP contribution >= 0.6 is 15.9 Å². The average molecular weight is 341 g/mol. The molecule has 0 saturated heterocycles. The van der Waals surface area contributed by atoms with Gasteiger partial charge in [0, 0.05) is 25.8 Å². The molecule has 0 amide bonds. The molecule has 1 aromatic heterocycles. The first-order valence-corrected chi connectivity index (χ1v) is 6.84. The van der Waals surface area contributed by atoms with Crippen LogP contribution in [0.1, 0.15) is 5.69 Å².